The van der Waals surface area contributed by atoms with Crippen LogP contribution in [0.1, 0.15) is 5.76 Å². The molecule has 0 unspecified atom stereocenters. The number of carbonyl (C=O) groups excluding carboxylic acids is 1. The average Bonchev–Trinajstić information content (AvgIpc) is 3.13. The van der Waals surface area contributed by atoms with E-state index >= 15 is 0 Å². The van der Waals surface area contributed by atoms with Gasteiger partial charge in [0.25, 0.3) is 0 Å². The summed E-state index contributed by atoms with van der Waals surface area (Å²) in [7, 11) is 0. The molecule has 0 aliphatic heterocycles. The van der Waals surface area contributed by atoms with Gasteiger partial charge in [-0.25, -0.2) is 0 Å². The fraction of sp³-hybridized carbons (Fsp3) is 0.417. The molecule has 0 atom stereocenters. The number of alkyl halides is 3. The zero-order valence-electron chi connectivity index (χ0n) is 11.9. The molecule has 23 heavy (non-hydrogen) atoms. The van der Waals surface area contributed by atoms with Gasteiger partial charge in [-0.2, -0.15) is 13.2 Å². The van der Waals surface area contributed by atoms with E-state index in [9.17, 15) is 18.0 Å². The fourth-order valence-corrected chi connectivity index (χ4v) is 3.93. The first-order valence-electron chi connectivity index (χ1n) is 6.24. The average molecular weight is 383 g/mol. The summed E-state index contributed by atoms with van der Waals surface area (Å²) in [4.78, 5) is 12.8. The molecule has 0 fully saturated rings. The van der Waals surface area contributed by atoms with Crippen LogP contribution in [-0.2, 0) is 11.3 Å². The normalized spacial score (nSPS) is 11.7. The van der Waals surface area contributed by atoms with Gasteiger partial charge < -0.3 is 9.32 Å². The first kappa shape index (κ1) is 18.1. The van der Waals surface area contributed by atoms with Gasteiger partial charge >= 0.3 is 6.18 Å². The third-order valence-electron chi connectivity index (χ3n) is 2.53. The van der Waals surface area contributed by atoms with Gasteiger partial charge in [0.05, 0.1) is 18.6 Å². The number of hydrogen-bond donors (Lipinski definition) is 0. The molecule has 11 heteroatoms. The van der Waals surface area contributed by atoms with E-state index in [1.54, 1.807) is 6.07 Å². The Bertz CT molecular complexity index is 631. The van der Waals surface area contributed by atoms with Crippen LogP contribution in [0.25, 0.3) is 0 Å². The third-order valence-corrected chi connectivity index (χ3v) is 5.55. The zero-order chi connectivity index (χ0) is 16.9. The van der Waals surface area contributed by atoms with E-state index in [0.717, 1.165) is 21.0 Å². The van der Waals surface area contributed by atoms with E-state index in [1.165, 1.54) is 35.4 Å². The van der Waals surface area contributed by atoms with E-state index in [-0.39, 0.29) is 12.3 Å². The maximum absolute atomic E-state index is 12.7. The molecule has 0 saturated carbocycles. The summed E-state index contributed by atoms with van der Waals surface area (Å²) < 4.78 is 44.3. The van der Waals surface area contributed by atoms with Crippen molar-refractivity contribution in [2.24, 2.45) is 0 Å². The molecule has 2 rings (SSSR count). The minimum atomic E-state index is -4.47. The Morgan fingerprint density at radius 3 is 2.70 bits per heavy atom. The largest absolute Gasteiger partial charge is 0.467 e. The zero-order valence-corrected chi connectivity index (χ0v) is 14.3. The van der Waals surface area contributed by atoms with E-state index in [0.29, 0.717) is 10.1 Å². The van der Waals surface area contributed by atoms with E-state index in [4.69, 9.17) is 4.42 Å². The number of amides is 1. The molecule has 2 aromatic heterocycles. The molecule has 5 nitrogen and oxygen atoms in total. The molecule has 0 aliphatic rings. The van der Waals surface area contributed by atoms with Crippen molar-refractivity contribution in [2.75, 3.05) is 18.6 Å². The molecule has 0 spiro atoms. The molecule has 1 amide bonds. The molecular formula is C12H12F3N3O2S3. The van der Waals surface area contributed by atoms with Gasteiger partial charge in [-0.15, -0.1) is 10.2 Å². The summed E-state index contributed by atoms with van der Waals surface area (Å²) in [6, 6.07) is 3.09. The van der Waals surface area contributed by atoms with Crippen LogP contribution in [0.2, 0.25) is 0 Å². The van der Waals surface area contributed by atoms with Gasteiger partial charge in [-0.05, 0) is 18.4 Å². The Kier molecular flexibility index (Phi) is 6.36. The number of thioether (sulfide) groups is 2. The molecule has 0 saturated heterocycles. The van der Waals surface area contributed by atoms with Gasteiger partial charge in [0.2, 0.25) is 5.91 Å². The van der Waals surface area contributed by atoms with Crippen LogP contribution < -0.4 is 0 Å². The maximum Gasteiger partial charge on any atom is 0.406 e. The lowest BCUT2D eigenvalue weighted by atomic mass is 10.3. The topological polar surface area (TPSA) is 59.2 Å². The summed E-state index contributed by atoms with van der Waals surface area (Å²) in [5.41, 5.74) is 0. The monoisotopic (exact) mass is 383 g/mol. The van der Waals surface area contributed by atoms with Gasteiger partial charge in [0, 0.05) is 0 Å². The highest BCUT2D eigenvalue weighted by atomic mass is 32.2. The summed E-state index contributed by atoms with van der Waals surface area (Å²) >= 11 is 3.79. The Hall–Kier alpha value is -1.20. The van der Waals surface area contributed by atoms with E-state index < -0.39 is 18.6 Å². The van der Waals surface area contributed by atoms with Gasteiger partial charge in [-0.3, -0.25) is 4.79 Å². The predicted molar refractivity (Wildman–Crippen MR) is 82.6 cm³/mol. The van der Waals surface area contributed by atoms with Crippen LogP contribution in [0.4, 0.5) is 13.2 Å². The molecule has 2 aromatic rings. The van der Waals surface area contributed by atoms with Crippen molar-refractivity contribution in [1.29, 1.82) is 0 Å². The third kappa shape index (κ3) is 6.07. The second kappa shape index (κ2) is 8.06. The van der Waals surface area contributed by atoms with Gasteiger partial charge in [0.15, 0.2) is 8.68 Å². The number of nitrogens with zero attached hydrogens (tertiary/aromatic N) is 3. The number of aromatic nitrogens is 2. The van der Waals surface area contributed by atoms with Crippen molar-refractivity contribution in [3.05, 3.63) is 24.2 Å². The Labute approximate surface area is 142 Å². The Morgan fingerprint density at radius 1 is 1.39 bits per heavy atom. The van der Waals surface area contributed by atoms with Crippen LogP contribution in [0, 0.1) is 0 Å². The van der Waals surface area contributed by atoms with E-state index in [1.807, 2.05) is 6.26 Å². The number of hydrogen-bond acceptors (Lipinski definition) is 7. The first-order valence-corrected chi connectivity index (χ1v) is 9.27. The summed E-state index contributed by atoms with van der Waals surface area (Å²) in [5.74, 6) is -0.474. The van der Waals surface area contributed by atoms with Crippen molar-refractivity contribution in [2.45, 2.75) is 21.4 Å². The maximum atomic E-state index is 12.7. The highest BCUT2D eigenvalue weighted by Crippen LogP contribution is 2.28. The first-order chi connectivity index (χ1) is 10.9. The van der Waals surface area contributed by atoms with Crippen molar-refractivity contribution < 1.29 is 22.4 Å². The van der Waals surface area contributed by atoms with Crippen molar-refractivity contribution in [1.82, 2.24) is 15.1 Å². The molecule has 0 bridgehead atoms. The number of furan rings is 1. The summed E-state index contributed by atoms with van der Waals surface area (Å²) in [5, 5.41) is 7.74. The molecule has 0 aromatic carbocycles. The number of carbonyl (C=O) groups is 1. The second-order valence-electron chi connectivity index (χ2n) is 4.27. The van der Waals surface area contributed by atoms with Crippen molar-refractivity contribution in [3.63, 3.8) is 0 Å². The molecule has 2 heterocycles. The molecule has 126 valence electrons. The SMILES string of the molecule is CSc1nnc(SCC(=O)N(Cc2ccco2)CC(F)(F)F)s1. The second-order valence-corrected chi connectivity index (χ2v) is 7.52. The van der Waals surface area contributed by atoms with Gasteiger partial charge in [0.1, 0.15) is 12.3 Å². The lowest BCUT2D eigenvalue weighted by Gasteiger charge is -2.22. The van der Waals surface area contributed by atoms with Crippen molar-refractivity contribution >= 4 is 40.8 Å². The molecule has 0 radical (unpaired) electrons. The fourth-order valence-electron chi connectivity index (χ4n) is 1.59. The highest BCUT2D eigenvalue weighted by Gasteiger charge is 2.33. The molecular weight excluding hydrogens is 371 g/mol. The van der Waals surface area contributed by atoms with Gasteiger partial charge in [-0.1, -0.05) is 34.9 Å². The summed E-state index contributed by atoms with van der Waals surface area (Å²) in [6.07, 6.45) is -1.28. The molecule has 0 aliphatic carbocycles. The van der Waals surface area contributed by atoms with Crippen LogP contribution in [-0.4, -0.2) is 45.7 Å². The van der Waals surface area contributed by atoms with E-state index in [2.05, 4.69) is 10.2 Å². The lowest BCUT2D eigenvalue weighted by molar-refractivity contribution is -0.161. The number of rotatable bonds is 7. The minimum absolute atomic E-state index is 0.139. The van der Waals surface area contributed by atoms with Crippen LogP contribution in [0.3, 0.4) is 0 Å². The standard InChI is InChI=1S/C12H12F3N3O2S3/c1-21-10-16-17-11(23-10)22-6-9(19)18(7-12(13,14)15)5-8-3-2-4-20-8/h2-4H,5-7H2,1H3. The van der Waals surface area contributed by atoms with Crippen LogP contribution in [0.15, 0.2) is 31.5 Å². The number of halogens is 3. The molecule has 0 N–H and O–H groups in total. The highest BCUT2D eigenvalue weighted by molar-refractivity contribution is 8.03. The van der Waals surface area contributed by atoms with Crippen LogP contribution in [0.5, 0.6) is 0 Å². The Balaban J connectivity index is 1.97. The van der Waals surface area contributed by atoms with Crippen molar-refractivity contribution in [3.8, 4) is 0 Å². The predicted octanol–water partition coefficient (Wildman–Crippen LogP) is 3.54. The smallest absolute Gasteiger partial charge is 0.406 e. The minimum Gasteiger partial charge on any atom is -0.467 e. The Morgan fingerprint density at radius 2 is 2.13 bits per heavy atom. The summed E-state index contributed by atoms with van der Waals surface area (Å²) in [6.45, 7) is -1.54. The lowest BCUT2D eigenvalue weighted by Crippen LogP contribution is -2.39. The van der Waals surface area contributed by atoms with Crippen LogP contribution >= 0.6 is 34.9 Å². The quantitative estimate of drug-likeness (QED) is 0.682.